The molecular formula is C16H12F2N2O2S. The Hall–Kier alpha value is -2.41. The molecule has 0 spiro atoms. The maximum absolute atomic E-state index is 13.6. The molecule has 23 heavy (non-hydrogen) atoms. The lowest BCUT2D eigenvalue weighted by molar-refractivity contribution is 0.386. The van der Waals surface area contributed by atoms with Crippen molar-refractivity contribution >= 4 is 11.8 Å². The maximum Gasteiger partial charge on any atom is 0.277 e. The van der Waals surface area contributed by atoms with Crippen LogP contribution in [0.4, 0.5) is 8.78 Å². The van der Waals surface area contributed by atoms with Crippen molar-refractivity contribution in [2.45, 2.75) is 11.0 Å². The van der Waals surface area contributed by atoms with Gasteiger partial charge in [-0.05, 0) is 42.0 Å². The van der Waals surface area contributed by atoms with E-state index in [1.54, 1.807) is 24.3 Å². The van der Waals surface area contributed by atoms with Gasteiger partial charge in [0, 0.05) is 11.3 Å². The first-order chi connectivity index (χ1) is 11.2. The Morgan fingerprint density at radius 3 is 2.57 bits per heavy atom. The normalized spacial score (nSPS) is 10.7. The van der Waals surface area contributed by atoms with Gasteiger partial charge in [0.15, 0.2) is 11.6 Å². The van der Waals surface area contributed by atoms with E-state index in [0.29, 0.717) is 22.4 Å². The summed E-state index contributed by atoms with van der Waals surface area (Å²) >= 11 is 1.29. The first-order valence-corrected chi connectivity index (χ1v) is 7.69. The van der Waals surface area contributed by atoms with Crippen LogP contribution in [0.1, 0.15) is 5.56 Å². The van der Waals surface area contributed by atoms with Crippen molar-refractivity contribution in [1.29, 1.82) is 0 Å². The second-order valence-corrected chi connectivity index (χ2v) is 5.56. The van der Waals surface area contributed by atoms with Crippen molar-refractivity contribution in [3.8, 4) is 17.2 Å². The fourth-order valence-corrected chi connectivity index (χ4v) is 2.63. The smallest absolute Gasteiger partial charge is 0.277 e. The van der Waals surface area contributed by atoms with E-state index in [9.17, 15) is 8.78 Å². The van der Waals surface area contributed by atoms with Gasteiger partial charge in [-0.3, -0.25) is 0 Å². The number of halogens is 2. The molecule has 0 fully saturated rings. The summed E-state index contributed by atoms with van der Waals surface area (Å²) in [4.78, 5) is 0. The maximum atomic E-state index is 13.6. The van der Waals surface area contributed by atoms with Gasteiger partial charge in [0.25, 0.3) is 5.22 Å². The summed E-state index contributed by atoms with van der Waals surface area (Å²) in [6.07, 6.45) is 0. The lowest BCUT2D eigenvalue weighted by Crippen LogP contribution is -1.90. The third kappa shape index (κ3) is 3.68. The summed E-state index contributed by atoms with van der Waals surface area (Å²) in [5.74, 6) is 0.252. The van der Waals surface area contributed by atoms with Crippen LogP contribution in [0, 0.1) is 11.6 Å². The number of hydrogen-bond donors (Lipinski definition) is 0. The second-order valence-electron chi connectivity index (χ2n) is 4.64. The minimum absolute atomic E-state index is 0.204. The minimum atomic E-state index is -0.414. The average Bonchev–Trinajstić information content (AvgIpc) is 3.03. The second kappa shape index (κ2) is 6.78. The molecule has 7 heteroatoms. The number of ether oxygens (including phenoxy) is 1. The van der Waals surface area contributed by atoms with Crippen LogP contribution in [0.15, 0.2) is 52.1 Å². The SMILES string of the molecule is COc1ccc(CSc2nnc(-c3ccc(F)cc3)o2)cc1F. The molecular weight excluding hydrogens is 322 g/mol. The highest BCUT2D eigenvalue weighted by Gasteiger charge is 2.10. The molecule has 2 aromatic carbocycles. The Morgan fingerprint density at radius 2 is 1.87 bits per heavy atom. The highest BCUT2D eigenvalue weighted by Crippen LogP contribution is 2.27. The van der Waals surface area contributed by atoms with Gasteiger partial charge in [-0.15, -0.1) is 10.2 Å². The molecule has 0 radical (unpaired) electrons. The number of thioether (sulfide) groups is 1. The zero-order valence-electron chi connectivity index (χ0n) is 12.1. The van der Waals surface area contributed by atoms with Gasteiger partial charge >= 0.3 is 0 Å². The Balaban J connectivity index is 1.67. The molecule has 0 saturated carbocycles. The van der Waals surface area contributed by atoms with Gasteiger partial charge in [-0.2, -0.15) is 0 Å². The molecule has 0 unspecified atom stereocenters. The summed E-state index contributed by atoms with van der Waals surface area (Å²) in [6, 6.07) is 10.5. The van der Waals surface area contributed by atoms with Crippen LogP contribution in [0.3, 0.4) is 0 Å². The third-order valence-corrected chi connectivity index (χ3v) is 3.97. The minimum Gasteiger partial charge on any atom is -0.494 e. The molecule has 3 aromatic rings. The quantitative estimate of drug-likeness (QED) is 0.651. The Labute approximate surface area is 135 Å². The molecule has 0 aliphatic rings. The number of methoxy groups -OCH3 is 1. The van der Waals surface area contributed by atoms with Crippen LogP contribution in [-0.4, -0.2) is 17.3 Å². The summed E-state index contributed by atoms with van der Waals surface area (Å²) in [6.45, 7) is 0. The van der Waals surface area contributed by atoms with Crippen LogP contribution < -0.4 is 4.74 Å². The van der Waals surface area contributed by atoms with Gasteiger partial charge in [-0.1, -0.05) is 17.8 Å². The van der Waals surface area contributed by atoms with Gasteiger partial charge in [0.05, 0.1) is 7.11 Å². The van der Waals surface area contributed by atoms with Crippen LogP contribution >= 0.6 is 11.8 Å². The number of nitrogens with zero attached hydrogens (tertiary/aromatic N) is 2. The molecule has 1 aromatic heterocycles. The fraction of sp³-hybridized carbons (Fsp3) is 0.125. The summed E-state index contributed by atoms with van der Waals surface area (Å²) in [5, 5.41) is 8.20. The van der Waals surface area contributed by atoms with Crippen molar-refractivity contribution in [3.05, 3.63) is 59.7 Å². The number of aromatic nitrogens is 2. The molecule has 0 amide bonds. The molecule has 118 valence electrons. The van der Waals surface area contributed by atoms with Crippen LogP contribution in [0.5, 0.6) is 5.75 Å². The lowest BCUT2D eigenvalue weighted by atomic mass is 10.2. The molecule has 4 nitrogen and oxygen atoms in total. The van der Waals surface area contributed by atoms with E-state index in [4.69, 9.17) is 9.15 Å². The Morgan fingerprint density at radius 1 is 1.09 bits per heavy atom. The molecule has 0 atom stereocenters. The largest absolute Gasteiger partial charge is 0.494 e. The number of benzene rings is 2. The standard InChI is InChI=1S/C16H12F2N2O2S/c1-21-14-7-2-10(8-13(14)18)9-23-16-20-19-15(22-16)11-3-5-12(17)6-4-11/h2-8H,9H2,1H3. The predicted molar refractivity (Wildman–Crippen MR) is 82.2 cm³/mol. The molecule has 0 N–H and O–H groups in total. The highest BCUT2D eigenvalue weighted by atomic mass is 32.2. The van der Waals surface area contributed by atoms with Crippen LogP contribution in [0.25, 0.3) is 11.5 Å². The van der Waals surface area contributed by atoms with Gasteiger partial charge in [-0.25, -0.2) is 8.78 Å². The van der Waals surface area contributed by atoms with E-state index in [2.05, 4.69) is 10.2 Å². The zero-order valence-corrected chi connectivity index (χ0v) is 12.9. The van der Waals surface area contributed by atoms with Gasteiger partial charge in [0.2, 0.25) is 5.89 Å². The molecule has 0 aliphatic carbocycles. The Bertz CT molecular complexity index is 806. The van der Waals surface area contributed by atoms with Crippen LogP contribution in [-0.2, 0) is 5.75 Å². The molecule has 1 heterocycles. The summed E-state index contributed by atoms with van der Waals surface area (Å²) in [5.41, 5.74) is 1.41. The van der Waals surface area contributed by atoms with E-state index in [1.165, 1.54) is 37.1 Å². The molecule has 3 rings (SSSR count). The summed E-state index contributed by atoms with van der Waals surface area (Å²) in [7, 11) is 1.42. The number of hydrogen-bond acceptors (Lipinski definition) is 5. The molecule has 0 bridgehead atoms. The lowest BCUT2D eigenvalue weighted by Gasteiger charge is -2.03. The van der Waals surface area contributed by atoms with Crippen molar-refractivity contribution < 1.29 is 17.9 Å². The summed E-state index contributed by atoms with van der Waals surface area (Å²) < 4.78 is 36.9. The van der Waals surface area contributed by atoms with E-state index in [1.807, 2.05) is 0 Å². The molecule has 0 aliphatic heterocycles. The van der Waals surface area contributed by atoms with E-state index in [0.717, 1.165) is 5.56 Å². The highest BCUT2D eigenvalue weighted by molar-refractivity contribution is 7.98. The van der Waals surface area contributed by atoms with Gasteiger partial charge < -0.3 is 9.15 Å². The third-order valence-electron chi connectivity index (χ3n) is 3.08. The van der Waals surface area contributed by atoms with Crippen molar-refractivity contribution in [2.24, 2.45) is 0 Å². The predicted octanol–water partition coefficient (Wildman–Crippen LogP) is 4.32. The first kappa shape index (κ1) is 15.5. The van der Waals surface area contributed by atoms with Crippen molar-refractivity contribution in [3.63, 3.8) is 0 Å². The monoisotopic (exact) mass is 334 g/mol. The zero-order chi connectivity index (χ0) is 16.2. The van der Waals surface area contributed by atoms with E-state index >= 15 is 0 Å². The fourth-order valence-electron chi connectivity index (χ4n) is 1.92. The first-order valence-electron chi connectivity index (χ1n) is 6.70. The van der Waals surface area contributed by atoms with E-state index in [-0.39, 0.29) is 11.6 Å². The number of rotatable bonds is 5. The van der Waals surface area contributed by atoms with Gasteiger partial charge in [0.1, 0.15) is 5.82 Å². The average molecular weight is 334 g/mol. The topological polar surface area (TPSA) is 48.2 Å². The van der Waals surface area contributed by atoms with Crippen molar-refractivity contribution in [1.82, 2.24) is 10.2 Å². The Kier molecular flexibility index (Phi) is 4.57. The van der Waals surface area contributed by atoms with Crippen LogP contribution in [0.2, 0.25) is 0 Å². The van der Waals surface area contributed by atoms with E-state index < -0.39 is 5.82 Å². The molecule has 0 saturated heterocycles. The van der Waals surface area contributed by atoms with Crippen molar-refractivity contribution in [2.75, 3.05) is 7.11 Å².